The van der Waals surface area contributed by atoms with E-state index >= 15 is 0 Å². The van der Waals surface area contributed by atoms with Gasteiger partial charge in [0, 0.05) is 36.7 Å². The summed E-state index contributed by atoms with van der Waals surface area (Å²) < 4.78 is 4.42. The van der Waals surface area contributed by atoms with E-state index in [9.17, 15) is 0 Å². The lowest BCUT2D eigenvalue weighted by Gasteiger charge is -2.28. The summed E-state index contributed by atoms with van der Waals surface area (Å²) in [6, 6.07) is 6.19. The molecule has 0 spiro atoms. The normalized spacial score (nSPS) is 14.5. The first-order valence-electron chi connectivity index (χ1n) is 6.71. The van der Waals surface area contributed by atoms with Gasteiger partial charge in [-0.25, -0.2) is 4.98 Å². The molecule has 0 atom stereocenters. The van der Waals surface area contributed by atoms with Crippen molar-refractivity contribution in [1.82, 2.24) is 9.36 Å². The van der Waals surface area contributed by atoms with E-state index in [0.717, 1.165) is 49.0 Å². The average Bonchev–Trinajstić information content (AvgIpc) is 2.88. The summed E-state index contributed by atoms with van der Waals surface area (Å²) in [6.07, 6.45) is 3.08. The summed E-state index contributed by atoms with van der Waals surface area (Å²) >= 11 is 1.50. The molecule has 100 valence electrons. The summed E-state index contributed by atoms with van der Waals surface area (Å²) in [4.78, 5) is 6.91. The van der Waals surface area contributed by atoms with E-state index in [1.54, 1.807) is 0 Å². The fraction of sp³-hybridized carbons (Fsp3) is 0.429. The zero-order valence-corrected chi connectivity index (χ0v) is 11.9. The van der Waals surface area contributed by atoms with Crippen molar-refractivity contribution in [3.8, 4) is 0 Å². The standard InChI is InChI=1S/C14H18N4S/c1-2-4-13-16-14(19-17-13)18-8-7-10-5-3-6-12(15)11(10)9-18/h3,5-6H,2,4,7-9,15H2,1H3. The molecule has 0 fully saturated rings. The van der Waals surface area contributed by atoms with Crippen LogP contribution in [-0.2, 0) is 19.4 Å². The van der Waals surface area contributed by atoms with E-state index in [2.05, 4.69) is 27.2 Å². The molecule has 1 aromatic carbocycles. The molecule has 2 N–H and O–H groups in total. The van der Waals surface area contributed by atoms with Crippen molar-refractivity contribution in [2.75, 3.05) is 17.2 Å². The van der Waals surface area contributed by atoms with Gasteiger partial charge < -0.3 is 10.6 Å². The molecule has 5 heteroatoms. The zero-order chi connectivity index (χ0) is 13.2. The highest BCUT2D eigenvalue weighted by atomic mass is 32.1. The fourth-order valence-electron chi connectivity index (χ4n) is 2.47. The van der Waals surface area contributed by atoms with Crippen molar-refractivity contribution in [3.05, 3.63) is 35.2 Å². The molecular weight excluding hydrogens is 256 g/mol. The number of nitrogens with zero attached hydrogens (tertiary/aromatic N) is 3. The van der Waals surface area contributed by atoms with Gasteiger partial charge in [-0.15, -0.1) is 0 Å². The number of hydrogen-bond acceptors (Lipinski definition) is 5. The van der Waals surface area contributed by atoms with E-state index in [-0.39, 0.29) is 0 Å². The zero-order valence-electron chi connectivity index (χ0n) is 11.1. The predicted octanol–water partition coefficient (Wildman–Crippen LogP) is 2.64. The molecule has 0 amide bonds. The van der Waals surface area contributed by atoms with Gasteiger partial charge in [-0.05, 0) is 30.0 Å². The van der Waals surface area contributed by atoms with Crippen LogP contribution in [0.2, 0.25) is 0 Å². The minimum Gasteiger partial charge on any atom is -0.398 e. The summed E-state index contributed by atoms with van der Waals surface area (Å²) in [5, 5.41) is 1.03. The van der Waals surface area contributed by atoms with Crippen molar-refractivity contribution < 1.29 is 0 Å². The van der Waals surface area contributed by atoms with E-state index < -0.39 is 0 Å². The van der Waals surface area contributed by atoms with Crippen molar-refractivity contribution >= 4 is 22.4 Å². The number of aryl methyl sites for hydroxylation is 1. The highest BCUT2D eigenvalue weighted by Gasteiger charge is 2.20. The van der Waals surface area contributed by atoms with E-state index in [0.29, 0.717) is 0 Å². The molecule has 1 aliphatic rings. The van der Waals surface area contributed by atoms with Crippen LogP contribution in [0.3, 0.4) is 0 Å². The Morgan fingerprint density at radius 1 is 1.42 bits per heavy atom. The van der Waals surface area contributed by atoms with Crippen molar-refractivity contribution in [2.45, 2.75) is 32.7 Å². The molecule has 4 nitrogen and oxygen atoms in total. The molecule has 1 aromatic heterocycles. The monoisotopic (exact) mass is 274 g/mol. The summed E-state index contributed by atoms with van der Waals surface area (Å²) in [6.45, 7) is 4.00. The number of anilines is 2. The van der Waals surface area contributed by atoms with Gasteiger partial charge in [0.15, 0.2) is 0 Å². The SMILES string of the molecule is CCCc1nsc(N2CCc3cccc(N)c3C2)n1. The average molecular weight is 274 g/mol. The Hall–Kier alpha value is -1.62. The first-order chi connectivity index (χ1) is 9.28. The van der Waals surface area contributed by atoms with Gasteiger partial charge in [-0.3, -0.25) is 0 Å². The lowest BCUT2D eigenvalue weighted by atomic mass is 9.98. The molecule has 0 aliphatic carbocycles. The Morgan fingerprint density at radius 3 is 3.16 bits per heavy atom. The van der Waals surface area contributed by atoms with Gasteiger partial charge in [-0.2, -0.15) is 4.37 Å². The number of aromatic nitrogens is 2. The Balaban J connectivity index is 1.82. The van der Waals surface area contributed by atoms with Crippen LogP contribution in [0.25, 0.3) is 0 Å². The Morgan fingerprint density at radius 2 is 2.32 bits per heavy atom. The van der Waals surface area contributed by atoms with Crippen molar-refractivity contribution in [1.29, 1.82) is 0 Å². The molecule has 3 rings (SSSR count). The highest BCUT2D eigenvalue weighted by Crippen LogP contribution is 2.28. The number of nitrogen functional groups attached to an aromatic ring is 1. The number of hydrogen-bond donors (Lipinski definition) is 1. The molecular formula is C14H18N4S. The van der Waals surface area contributed by atoms with Crippen LogP contribution in [-0.4, -0.2) is 15.9 Å². The van der Waals surface area contributed by atoms with Gasteiger partial charge in [0.2, 0.25) is 5.13 Å². The topological polar surface area (TPSA) is 55.0 Å². The minimum absolute atomic E-state index is 0.850. The van der Waals surface area contributed by atoms with Crippen molar-refractivity contribution in [2.24, 2.45) is 0 Å². The first-order valence-corrected chi connectivity index (χ1v) is 7.49. The van der Waals surface area contributed by atoms with Crippen LogP contribution in [0.15, 0.2) is 18.2 Å². The van der Waals surface area contributed by atoms with Crippen LogP contribution in [0, 0.1) is 0 Å². The van der Waals surface area contributed by atoms with E-state index in [1.807, 2.05) is 12.1 Å². The molecule has 0 unspecified atom stereocenters. The molecule has 0 bridgehead atoms. The van der Waals surface area contributed by atoms with Crippen LogP contribution in [0.1, 0.15) is 30.3 Å². The van der Waals surface area contributed by atoms with Gasteiger partial charge in [0.25, 0.3) is 0 Å². The Labute approximate surface area is 117 Å². The third-order valence-electron chi connectivity index (χ3n) is 3.51. The van der Waals surface area contributed by atoms with Gasteiger partial charge >= 0.3 is 0 Å². The smallest absolute Gasteiger partial charge is 0.205 e. The Kier molecular flexibility index (Phi) is 3.38. The summed E-state index contributed by atoms with van der Waals surface area (Å²) in [5.74, 6) is 0.967. The van der Waals surface area contributed by atoms with Crippen LogP contribution in [0.5, 0.6) is 0 Å². The number of benzene rings is 1. The second kappa shape index (κ2) is 5.17. The minimum atomic E-state index is 0.850. The predicted molar refractivity (Wildman–Crippen MR) is 79.5 cm³/mol. The number of fused-ring (bicyclic) bond motifs is 1. The van der Waals surface area contributed by atoms with Crippen molar-refractivity contribution in [3.63, 3.8) is 0 Å². The fourth-order valence-corrected chi connectivity index (χ4v) is 3.21. The molecule has 0 saturated carbocycles. The van der Waals surface area contributed by atoms with Gasteiger partial charge in [0.1, 0.15) is 5.82 Å². The third-order valence-corrected chi connectivity index (χ3v) is 4.33. The van der Waals surface area contributed by atoms with Crippen LogP contribution in [0.4, 0.5) is 10.8 Å². The Bertz CT molecular complexity index is 579. The second-order valence-electron chi connectivity index (χ2n) is 4.90. The third kappa shape index (κ3) is 2.42. The lowest BCUT2D eigenvalue weighted by Crippen LogP contribution is -2.30. The molecule has 19 heavy (non-hydrogen) atoms. The maximum atomic E-state index is 6.08. The van der Waals surface area contributed by atoms with Gasteiger partial charge in [-0.1, -0.05) is 19.1 Å². The van der Waals surface area contributed by atoms with E-state index in [1.165, 1.54) is 22.7 Å². The molecule has 2 aromatic rings. The molecule has 2 heterocycles. The first kappa shape index (κ1) is 12.4. The molecule has 0 radical (unpaired) electrons. The number of nitrogens with two attached hydrogens (primary N) is 1. The highest BCUT2D eigenvalue weighted by molar-refractivity contribution is 7.09. The van der Waals surface area contributed by atoms with Gasteiger partial charge in [0.05, 0.1) is 0 Å². The second-order valence-corrected chi connectivity index (χ2v) is 5.63. The molecule has 0 saturated heterocycles. The quantitative estimate of drug-likeness (QED) is 0.874. The van der Waals surface area contributed by atoms with E-state index in [4.69, 9.17) is 5.73 Å². The largest absolute Gasteiger partial charge is 0.398 e. The number of rotatable bonds is 3. The maximum Gasteiger partial charge on any atom is 0.205 e. The van der Waals surface area contributed by atoms with Crippen LogP contribution < -0.4 is 10.6 Å². The summed E-state index contributed by atoms with van der Waals surface area (Å²) in [7, 11) is 0. The molecule has 1 aliphatic heterocycles. The summed E-state index contributed by atoms with van der Waals surface area (Å²) in [5.41, 5.74) is 9.59. The van der Waals surface area contributed by atoms with Crippen LogP contribution >= 0.6 is 11.5 Å². The lowest BCUT2D eigenvalue weighted by molar-refractivity contribution is 0.727. The maximum absolute atomic E-state index is 6.08.